The summed E-state index contributed by atoms with van der Waals surface area (Å²) in [6, 6.07) is 33.7. The van der Waals surface area contributed by atoms with Gasteiger partial charge in [0.15, 0.2) is 0 Å². The first-order chi connectivity index (χ1) is 20.7. The Morgan fingerprint density at radius 3 is 1.37 bits per heavy atom. The monoisotopic (exact) mass is 655 g/mol. The molecule has 1 radical (unpaired) electrons. The van der Waals surface area contributed by atoms with E-state index in [4.69, 9.17) is 0 Å². The molecule has 6 aromatic heterocycles. The van der Waals surface area contributed by atoms with E-state index >= 15 is 0 Å². The number of pyridine rings is 6. The Kier molecular flexibility index (Phi) is 16.8. The van der Waals surface area contributed by atoms with Crippen molar-refractivity contribution in [2.24, 2.45) is 0 Å². The molecule has 8 heteroatoms. The number of nitrogens with zero attached hydrogens (tertiary/aromatic N) is 6. The molecule has 0 aromatic carbocycles. The van der Waals surface area contributed by atoms with E-state index in [1.165, 1.54) is 5.56 Å². The molecule has 217 valence electrons. The number of aldehydes is 1. The van der Waals surface area contributed by atoms with Crippen molar-refractivity contribution >= 4 is 6.29 Å². The fourth-order valence-corrected chi connectivity index (χ4v) is 3.32. The molecular weight excluding hydrogens is 621 g/mol. The number of aromatic nitrogens is 6. The molecule has 0 saturated carbocycles. The van der Waals surface area contributed by atoms with Crippen LogP contribution in [0, 0.1) is 13.0 Å². The van der Waals surface area contributed by atoms with E-state index in [0.717, 1.165) is 46.9 Å². The summed E-state index contributed by atoms with van der Waals surface area (Å²) in [6.45, 7) is 4.03. The Morgan fingerprint density at radius 2 is 1.02 bits per heavy atom. The van der Waals surface area contributed by atoms with Crippen LogP contribution in [0.25, 0.3) is 34.2 Å². The van der Waals surface area contributed by atoms with Gasteiger partial charge in [0.2, 0.25) is 0 Å². The third kappa shape index (κ3) is 13.1. The quantitative estimate of drug-likeness (QED) is 0.108. The molecular formula is C35H33N6ORu. The van der Waals surface area contributed by atoms with Crippen LogP contribution in [0.3, 0.4) is 0 Å². The van der Waals surface area contributed by atoms with Crippen molar-refractivity contribution in [2.45, 2.75) is 26.7 Å². The fraction of sp³-hybridized carbons (Fsp3) is 0.114. The predicted octanol–water partition coefficient (Wildman–Crippen LogP) is 7.52. The molecule has 0 aliphatic rings. The van der Waals surface area contributed by atoms with Crippen molar-refractivity contribution in [3.8, 4) is 34.2 Å². The molecule has 0 aliphatic carbocycles. The Labute approximate surface area is 266 Å². The number of carbonyl (C=O) groups is 1. The van der Waals surface area contributed by atoms with E-state index in [0.29, 0.717) is 6.42 Å². The fourth-order valence-electron chi connectivity index (χ4n) is 3.32. The average molecular weight is 655 g/mol. The minimum atomic E-state index is 0. The van der Waals surface area contributed by atoms with Gasteiger partial charge in [0.1, 0.15) is 6.29 Å². The van der Waals surface area contributed by atoms with Crippen LogP contribution in [0.1, 0.15) is 25.3 Å². The molecule has 0 aliphatic heterocycles. The van der Waals surface area contributed by atoms with Crippen LogP contribution in [-0.2, 0) is 24.3 Å². The minimum Gasteiger partial charge on any atom is -0.381 e. The summed E-state index contributed by atoms with van der Waals surface area (Å²) in [7, 11) is 0. The second kappa shape index (κ2) is 21.0. The molecule has 0 bridgehead atoms. The second-order valence-electron chi connectivity index (χ2n) is 8.67. The maximum absolute atomic E-state index is 9.40. The largest absolute Gasteiger partial charge is 1.00 e. The maximum Gasteiger partial charge on any atom is 1.00 e. The van der Waals surface area contributed by atoms with E-state index in [-0.39, 0.29) is 19.5 Å². The first-order valence-electron chi connectivity index (χ1n) is 13.5. The van der Waals surface area contributed by atoms with Crippen LogP contribution in [-0.4, -0.2) is 36.2 Å². The summed E-state index contributed by atoms with van der Waals surface area (Å²) in [5.41, 5.74) is 6.63. The van der Waals surface area contributed by atoms with Gasteiger partial charge in [0.25, 0.3) is 0 Å². The van der Waals surface area contributed by atoms with Gasteiger partial charge in [0.05, 0.1) is 22.8 Å². The van der Waals surface area contributed by atoms with Gasteiger partial charge < -0.3 is 9.78 Å². The number of hydrogen-bond acceptors (Lipinski definition) is 7. The number of aryl methyl sites for hydroxylation is 1. The molecule has 6 aromatic rings. The molecule has 6 heterocycles. The summed E-state index contributed by atoms with van der Waals surface area (Å²) in [5, 5.41) is 0. The van der Waals surface area contributed by atoms with Crippen LogP contribution in [0.4, 0.5) is 0 Å². The zero-order valence-corrected chi connectivity index (χ0v) is 25.9. The Bertz CT molecular complexity index is 1390. The van der Waals surface area contributed by atoms with Crippen LogP contribution >= 0.6 is 0 Å². The summed E-state index contributed by atoms with van der Waals surface area (Å²) >= 11 is 0. The molecule has 0 unspecified atom stereocenters. The van der Waals surface area contributed by atoms with E-state index in [1.807, 2.05) is 105 Å². The van der Waals surface area contributed by atoms with Gasteiger partial charge in [-0.05, 0) is 85.3 Å². The van der Waals surface area contributed by atoms with Crippen molar-refractivity contribution < 1.29 is 24.3 Å². The average Bonchev–Trinajstić information content (AvgIpc) is 3.08. The Balaban J connectivity index is 0.000000207. The number of rotatable bonds is 5. The molecule has 0 N–H and O–H groups in total. The molecule has 0 spiro atoms. The van der Waals surface area contributed by atoms with E-state index in [9.17, 15) is 4.79 Å². The van der Waals surface area contributed by atoms with Gasteiger partial charge in [-0.25, -0.2) is 0 Å². The van der Waals surface area contributed by atoms with Gasteiger partial charge in [-0.2, -0.15) is 18.2 Å². The standard InChI is InChI=1S/C11H10N2.C10H8N2.C10H7N2.C4H8O.Ru/c1-9-5-7-13-11(8-9)10-4-2-3-6-12-10;2*1-3-7-11-9(5-1)10-6-2-4-8-12-10;1-2-3-4-5;/h2-8H,1H3;1-8H;1,3-8H;4H,2-3H2,1H3;/q;;-1;;+1. The molecule has 7 nitrogen and oxygen atoms in total. The van der Waals surface area contributed by atoms with Gasteiger partial charge in [0, 0.05) is 43.1 Å². The van der Waals surface area contributed by atoms with Crippen molar-refractivity contribution in [3.05, 3.63) is 146 Å². The third-order valence-corrected chi connectivity index (χ3v) is 5.37. The summed E-state index contributed by atoms with van der Waals surface area (Å²) < 4.78 is 0. The first-order valence-corrected chi connectivity index (χ1v) is 13.5. The van der Waals surface area contributed by atoms with E-state index < -0.39 is 0 Å². The summed E-state index contributed by atoms with van der Waals surface area (Å²) in [6.07, 6.45) is 13.2. The molecule has 43 heavy (non-hydrogen) atoms. The summed E-state index contributed by atoms with van der Waals surface area (Å²) in [4.78, 5) is 34.6. The van der Waals surface area contributed by atoms with Crippen molar-refractivity contribution in [1.82, 2.24) is 29.9 Å². The molecule has 0 fully saturated rings. The van der Waals surface area contributed by atoms with Crippen molar-refractivity contribution in [1.29, 1.82) is 0 Å². The minimum absolute atomic E-state index is 0. The van der Waals surface area contributed by atoms with Crippen molar-refractivity contribution in [3.63, 3.8) is 0 Å². The zero-order valence-electron chi connectivity index (χ0n) is 24.1. The number of hydrogen-bond donors (Lipinski definition) is 0. The van der Waals surface area contributed by atoms with Gasteiger partial charge >= 0.3 is 19.5 Å². The van der Waals surface area contributed by atoms with E-state index in [1.54, 1.807) is 43.2 Å². The smallest absolute Gasteiger partial charge is 0.381 e. The molecule has 0 amide bonds. The van der Waals surface area contributed by atoms with Crippen LogP contribution in [0.15, 0.2) is 134 Å². The molecule has 0 atom stereocenters. The second-order valence-corrected chi connectivity index (χ2v) is 8.67. The van der Waals surface area contributed by atoms with Gasteiger partial charge in [-0.1, -0.05) is 37.4 Å². The predicted molar refractivity (Wildman–Crippen MR) is 167 cm³/mol. The zero-order chi connectivity index (χ0) is 29.7. The van der Waals surface area contributed by atoms with Crippen LogP contribution in [0.2, 0.25) is 0 Å². The van der Waals surface area contributed by atoms with Crippen LogP contribution < -0.4 is 0 Å². The van der Waals surface area contributed by atoms with Crippen LogP contribution in [0.5, 0.6) is 0 Å². The number of unbranched alkanes of at least 4 members (excludes halogenated alkanes) is 1. The molecule has 0 saturated heterocycles. The Hall–Kier alpha value is -4.81. The van der Waals surface area contributed by atoms with Gasteiger partial charge in [-0.3, -0.25) is 24.9 Å². The summed E-state index contributed by atoms with van der Waals surface area (Å²) in [5.74, 6) is 0. The Morgan fingerprint density at radius 1 is 0.581 bits per heavy atom. The third-order valence-electron chi connectivity index (χ3n) is 5.37. The topological polar surface area (TPSA) is 94.4 Å². The van der Waals surface area contributed by atoms with Gasteiger partial charge in [-0.15, -0.1) is 0 Å². The molecule has 6 rings (SSSR count). The number of carbonyl (C=O) groups excluding carboxylic acids is 1. The maximum atomic E-state index is 9.40. The van der Waals surface area contributed by atoms with E-state index in [2.05, 4.69) is 36.0 Å². The first kappa shape index (κ1) is 34.4. The SMILES string of the molecule is CCCC=O.Cc1ccnc(-c2ccccn2)c1.[Ru+].[c-]1ccnc(-c2ccccn2)c1.c1ccc(-c2ccccn2)nc1. The normalized spacial score (nSPS) is 9.26. The van der Waals surface area contributed by atoms with Crippen molar-refractivity contribution in [2.75, 3.05) is 0 Å².